The van der Waals surface area contributed by atoms with Crippen LogP contribution in [0.4, 0.5) is 11.4 Å². The fourth-order valence-corrected chi connectivity index (χ4v) is 1.87. The predicted octanol–water partition coefficient (Wildman–Crippen LogP) is 3.25. The van der Waals surface area contributed by atoms with Crippen molar-refractivity contribution in [2.75, 3.05) is 17.7 Å². The summed E-state index contributed by atoms with van der Waals surface area (Å²) in [6.07, 6.45) is 0. The number of rotatable bonds is 4. The first-order valence-electron chi connectivity index (χ1n) is 6.09. The van der Waals surface area contributed by atoms with Crippen LogP contribution in [0, 0.1) is 6.92 Å². The quantitative estimate of drug-likeness (QED) is 0.850. The van der Waals surface area contributed by atoms with Crippen molar-refractivity contribution in [1.29, 1.82) is 0 Å². The van der Waals surface area contributed by atoms with Crippen LogP contribution in [0.5, 0.6) is 5.75 Å². The topological polar surface area (TPSA) is 64.3 Å². The Morgan fingerprint density at radius 2 is 2.10 bits per heavy atom. The molecule has 0 aliphatic rings. The molecule has 5 heteroatoms. The van der Waals surface area contributed by atoms with Crippen LogP contribution in [-0.2, 0) is 4.79 Å². The van der Waals surface area contributed by atoms with E-state index in [0.717, 1.165) is 5.56 Å². The van der Waals surface area contributed by atoms with Gasteiger partial charge in [0.25, 0.3) is 5.91 Å². The summed E-state index contributed by atoms with van der Waals surface area (Å²) >= 11 is 5.84. The number of ether oxygens (including phenoxy) is 1. The number of benzene rings is 2. The first-order valence-corrected chi connectivity index (χ1v) is 6.47. The van der Waals surface area contributed by atoms with E-state index < -0.39 is 0 Å². The minimum atomic E-state index is -0.255. The highest BCUT2D eigenvalue weighted by Crippen LogP contribution is 2.21. The van der Waals surface area contributed by atoms with Crippen molar-refractivity contribution in [3.63, 3.8) is 0 Å². The maximum Gasteiger partial charge on any atom is 0.262 e. The molecule has 2 rings (SSSR count). The Balaban J connectivity index is 1.94. The normalized spacial score (nSPS) is 10.1. The lowest BCUT2D eigenvalue weighted by Crippen LogP contribution is -2.20. The van der Waals surface area contributed by atoms with Gasteiger partial charge in [-0.3, -0.25) is 4.79 Å². The summed E-state index contributed by atoms with van der Waals surface area (Å²) in [6, 6.07) is 12.3. The minimum absolute atomic E-state index is 0.0865. The van der Waals surface area contributed by atoms with Crippen molar-refractivity contribution in [3.05, 3.63) is 53.1 Å². The lowest BCUT2D eigenvalue weighted by molar-refractivity contribution is -0.118. The van der Waals surface area contributed by atoms with Gasteiger partial charge < -0.3 is 15.8 Å². The van der Waals surface area contributed by atoms with E-state index in [1.807, 2.05) is 13.0 Å². The number of aryl methyl sites for hydroxylation is 1. The van der Waals surface area contributed by atoms with Crippen molar-refractivity contribution < 1.29 is 9.53 Å². The monoisotopic (exact) mass is 290 g/mol. The van der Waals surface area contributed by atoms with Crippen molar-refractivity contribution in [2.45, 2.75) is 6.92 Å². The Kier molecular flexibility index (Phi) is 4.48. The van der Waals surface area contributed by atoms with Crippen LogP contribution in [-0.4, -0.2) is 12.5 Å². The van der Waals surface area contributed by atoms with E-state index in [1.54, 1.807) is 36.4 Å². The lowest BCUT2D eigenvalue weighted by atomic mass is 10.2. The van der Waals surface area contributed by atoms with E-state index in [4.69, 9.17) is 22.1 Å². The predicted molar refractivity (Wildman–Crippen MR) is 81.2 cm³/mol. The second-order valence-electron chi connectivity index (χ2n) is 4.37. The summed E-state index contributed by atoms with van der Waals surface area (Å²) < 4.78 is 5.46. The average Bonchev–Trinajstić information content (AvgIpc) is 2.40. The molecule has 0 unspecified atom stereocenters. The molecule has 0 aliphatic heterocycles. The van der Waals surface area contributed by atoms with Crippen LogP contribution >= 0.6 is 11.6 Å². The molecule has 0 fully saturated rings. The summed E-state index contributed by atoms with van der Waals surface area (Å²) in [7, 11) is 0. The zero-order valence-corrected chi connectivity index (χ0v) is 11.8. The molecule has 104 valence electrons. The third-order valence-corrected chi connectivity index (χ3v) is 2.91. The largest absolute Gasteiger partial charge is 0.483 e. The number of anilines is 2. The number of amides is 1. The molecular formula is C15H15ClN2O2. The molecule has 0 bridgehead atoms. The van der Waals surface area contributed by atoms with E-state index in [9.17, 15) is 4.79 Å². The number of halogens is 1. The van der Waals surface area contributed by atoms with Crippen molar-refractivity contribution in [3.8, 4) is 5.75 Å². The Hall–Kier alpha value is -2.20. The fourth-order valence-electron chi connectivity index (χ4n) is 1.68. The third-order valence-electron chi connectivity index (χ3n) is 2.68. The summed E-state index contributed by atoms with van der Waals surface area (Å²) in [5, 5.41) is 3.27. The molecular weight excluding hydrogens is 276 g/mol. The molecule has 3 N–H and O–H groups in total. The Morgan fingerprint density at radius 1 is 1.30 bits per heavy atom. The van der Waals surface area contributed by atoms with Gasteiger partial charge in [0, 0.05) is 22.5 Å². The summed E-state index contributed by atoms with van der Waals surface area (Å²) in [4.78, 5) is 11.8. The molecule has 0 saturated heterocycles. The first-order chi connectivity index (χ1) is 9.54. The first kappa shape index (κ1) is 14.2. The maximum atomic E-state index is 11.8. The number of carbonyl (C=O) groups is 1. The zero-order valence-electron chi connectivity index (χ0n) is 11.0. The minimum Gasteiger partial charge on any atom is -0.483 e. The van der Waals surface area contributed by atoms with Gasteiger partial charge in [0.15, 0.2) is 6.61 Å². The second kappa shape index (κ2) is 6.30. The van der Waals surface area contributed by atoms with Gasteiger partial charge in [0.2, 0.25) is 0 Å². The number of nitrogen functional groups attached to an aromatic ring is 1. The van der Waals surface area contributed by atoms with E-state index in [1.165, 1.54) is 0 Å². The molecule has 0 saturated carbocycles. The molecule has 0 aliphatic carbocycles. The number of nitrogens with two attached hydrogens (primary N) is 1. The van der Waals surface area contributed by atoms with Gasteiger partial charge in [-0.1, -0.05) is 23.7 Å². The van der Waals surface area contributed by atoms with Gasteiger partial charge >= 0.3 is 0 Å². The molecule has 2 aromatic carbocycles. The number of hydrogen-bond donors (Lipinski definition) is 2. The molecule has 0 aromatic heterocycles. The smallest absolute Gasteiger partial charge is 0.262 e. The molecule has 0 atom stereocenters. The van der Waals surface area contributed by atoms with Crippen LogP contribution in [0.2, 0.25) is 5.02 Å². The van der Waals surface area contributed by atoms with Crippen molar-refractivity contribution in [2.24, 2.45) is 0 Å². The van der Waals surface area contributed by atoms with E-state index in [0.29, 0.717) is 22.1 Å². The highest BCUT2D eigenvalue weighted by atomic mass is 35.5. The highest BCUT2D eigenvalue weighted by Gasteiger charge is 2.06. The van der Waals surface area contributed by atoms with Gasteiger partial charge in [-0.05, 0) is 36.8 Å². The van der Waals surface area contributed by atoms with Crippen molar-refractivity contribution >= 4 is 28.9 Å². The van der Waals surface area contributed by atoms with Crippen LogP contribution in [0.1, 0.15) is 5.56 Å². The van der Waals surface area contributed by atoms with Gasteiger partial charge in [-0.2, -0.15) is 0 Å². The number of nitrogens with one attached hydrogen (secondary N) is 1. The number of hydrogen-bond acceptors (Lipinski definition) is 3. The van der Waals surface area contributed by atoms with E-state index >= 15 is 0 Å². The Bertz CT molecular complexity index is 629. The molecule has 1 amide bonds. The van der Waals surface area contributed by atoms with E-state index in [2.05, 4.69) is 5.32 Å². The molecule has 0 heterocycles. The average molecular weight is 291 g/mol. The van der Waals surface area contributed by atoms with Crippen LogP contribution in [0.3, 0.4) is 0 Å². The SMILES string of the molecule is Cc1ccc(N)cc1OCC(=O)Nc1cccc(Cl)c1. The fraction of sp³-hybridized carbons (Fsp3) is 0.133. The Labute approximate surface area is 122 Å². The molecule has 4 nitrogen and oxygen atoms in total. The molecule has 0 radical (unpaired) electrons. The van der Waals surface area contributed by atoms with Crippen LogP contribution in [0.15, 0.2) is 42.5 Å². The second-order valence-corrected chi connectivity index (χ2v) is 4.81. The van der Waals surface area contributed by atoms with Crippen LogP contribution < -0.4 is 15.8 Å². The lowest BCUT2D eigenvalue weighted by Gasteiger charge is -2.10. The van der Waals surface area contributed by atoms with Gasteiger partial charge in [-0.15, -0.1) is 0 Å². The van der Waals surface area contributed by atoms with Gasteiger partial charge in [0.05, 0.1) is 0 Å². The number of carbonyl (C=O) groups excluding carboxylic acids is 1. The molecule has 20 heavy (non-hydrogen) atoms. The summed E-state index contributed by atoms with van der Waals surface area (Å²) in [5.74, 6) is 0.348. The van der Waals surface area contributed by atoms with Crippen LogP contribution in [0.25, 0.3) is 0 Å². The zero-order chi connectivity index (χ0) is 14.5. The Morgan fingerprint density at radius 3 is 2.85 bits per heavy atom. The standard InChI is InChI=1S/C15H15ClN2O2/c1-10-5-6-12(17)8-14(10)20-9-15(19)18-13-4-2-3-11(16)7-13/h2-8H,9,17H2,1H3,(H,18,19). The summed E-state index contributed by atoms with van der Waals surface area (Å²) in [5.41, 5.74) is 7.84. The van der Waals surface area contributed by atoms with E-state index in [-0.39, 0.29) is 12.5 Å². The van der Waals surface area contributed by atoms with Gasteiger partial charge in [0.1, 0.15) is 5.75 Å². The highest BCUT2D eigenvalue weighted by molar-refractivity contribution is 6.30. The summed E-state index contributed by atoms with van der Waals surface area (Å²) in [6.45, 7) is 1.81. The molecule has 2 aromatic rings. The van der Waals surface area contributed by atoms with Crippen molar-refractivity contribution in [1.82, 2.24) is 0 Å². The molecule has 0 spiro atoms. The third kappa shape index (κ3) is 3.90. The maximum absolute atomic E-state index is 11.8. The van der Waals surface area contributed by atoms with Gasteiger partial charge in [-0.25, -0.2) is 0 Å².